The van der Waals surface area contributed by atoms with Crippen LogP contribution in [0.25, 0.3) is 11.3 Å². The van der Waals surface area contributed by atoms with E-state index in [2.05, 4.69) is 41.5 Å². The van der Waals surface area contributed by atoms with Crippen molar-refractivity contribution < 1.29 is 13.9 Å². The van der Waals surface area contributed by atoms with Gasteiger partial charge in [0, 0.05) is 63.7 Å². The number of nitrogens with zero attached hydrogens (tertiary/aromatic N) is 6. The quantitative estimate of drug-likeness (QED) is 0.300. The third-order valence-electron chi connectivity index (χ3n) is 7.34. The molecule has 214 valence electrons. The van der Waals surface area contributed by atoms with Gasteiger partial charge >= 0.3 is 0 Å². The van der Waals surface area contributed by atoms with Gasteiger partial charge in [-0.3, -0.25) is 9.59 Å². The van der Waals surface area contributed by atoms with Gasteiger partial charge in [0.1, 0.15) is 41.6 Å². The largest absolute Gasteiger partial charge is 0.489 e. The van der Waals surface area contributed by atoms with Crippen LogP contribution >= 0.6 is 0 Å². The summed E-state index contributed by atoms with van der Waals surface area (Å²) >= 11 is 0. The van der Waals surface area contributed by atoms with Gasteiger partial charge in [-0.15, -0.1) is 0 Å². The van der Waals surface area contributed by atoms with E-state index in [0.29, 0.717) is 60.3 Å². The van der Waals surface area contributed by atoms with Crippen molar-refractivity contribution in [1.82, 2.24) is 30.2 Å². The molecular formula is C29H29N9O4. The molecule has 42 heavy (non-hydrogen) atoms. The van der Waals surface area contributed by atoms with E-state index in [-0.39, 0.29) is 23.3 Å². The molecule has 0 aliphatic carbocycles. The first kappa shape index (κ1) is 27.0. The maximum Gasteiger partial charge on any atom is 0.291 e. The normalized spacial score (nSPS) is 15.7. The number of likely N-dealkylation sites (tertiary alicyclic amines) is 1. The number of piperazine rings is 1. The van der Waals surface area contributed by atoms with Gasteiger partial charge in [0.25, 0.3) is 11.5 Å². The number of hydrogen-bond donors (Lipinski definition) is 3. The fourth-order valence-electron chi connectivity index (χ4n) is 5.13. The van der Waals surface area contributed by atoms with Gasteiger partial charge in [0.2, 0.25) is 5.76 Å². The zero-order chi connectivity index (χ0) is 28.9. The zero-order valence-corrected chi connectivity index (χ0v) is 22.7. The number of pyridine rings is 1. The molecule has 0 spiro atoms. The summed E-state index contributed by atoms with van der Waals surface area (Å²) in [5.74, 6) is 1.52. The Balaban J connectivity index is 1.11. The Labute approximate surface area is 241 Å². The molecule has 3 N–H and O–H groups in total. The highest BCUT2D eigenvalue weighted by atomic mass is 16.5. The lowest BCUT2D eigenvalue weighted by atomic mass is 10.1. The molecule has 2 fully saturated rings. The van der Waals surface area contributed by atoms with Crippen LogP contribution in [-0.2, 0) is 0 Å². The molecule has 0 saturated carbocycles. The van der Waals surface area contributed by atoms with Crippen LogP contribution in [0.4, 0.5) is 17.3 Å². The Hall–Kier alpha value is -5.22. The van der Waals surface area contributed by atoms with Crippen molar-refractivity contribution in [2.24, 2.45) is 0 Å². The number of oxazole rings is 1. The van der Waals surface area contributed by atoms with Crippen molar-refractivity contribution in [3.8, 4) is 23.1 Å². The zero-order valence-electron chi connectivity index (χ0n) is 22.7. The first-order chi connectivity index (χ1) is 20.6. The van der Waals surface area contributed by atoms with Crippen LogP contribution in [-0.4, -0.2) is 76.1 Å². The average Bonchev–Trinajstić information content (AvgIpc) is 3.57. The molecule has 13 heteroatoms. The summed E-state index contributed by atoms with van der Waals surface area (Å²) in [6.07, 6.45) is 5.21. The van der Waals surface area contributed by atoms with Crippen LogP contribution in [0.3, 0.4) is 0 Å². The summed E-state index contributed by atoms with van der Waals surface area (Å²) in [5.41, 5.74) is 2.18. The first-order valence-corrected chi connectivity index (χ1v) is 13.7. The van der Waals surface area contributed by atoms with Crippen LogP contribution in [0.15, 0.2) is 64.5 Å². The maximum absolute atomic E-state index is 12.7. The van der Waals surface area contributed by atoms with Crippen LogP contribution in [0.1, 0.15) is 29.0 Å². The third-order valence-corrected chi connectivity index (χ3v) is 7.34. The Morgan fingerprint density at radius 1 is 1.10 bits per heavy atom. The van der Waals surface area contributed by atoms with Gasteiger partial charge in [-0.25, -0.2) is 15.0 Å². The second-order valence-electron chi connectivity index (χ2n) is 10.0. The Bertz CT molecular complexity index is 1650. The number of anilines is 3. The number of carbonyl (C=O) groups is 1. The number of carbonyl (C=O) groups excluding carboxylic acids is 1. The van der Waals surface area contributed by atoms with Crippen molar-refractivity contribution in [2.45, 2.75) is 18.9 Å². The van der Waals surface area contributed by atoms with Crippen molar-refractivity contribution in [1.29, 1.82) is 5.26 Å². The lowest BCUT2D eigenvalue weighted by molar-refractivity contribution is 0.0566. The van der Waals surface area contributed by atoms with E-state index in [9.17, 15) is 14.9 Å². The van der Waals surface area contributed by atoms with E-state index in [1.807, 2.05) is 18.2 Å². The van der Waals surface area contributed by atoms with Gasteiger partial charge in [0.05, 0.1) is 17.5 Å². The topological polar surface area (TPSA) is 165 Å². The molecule has 4 aromatic rings. The number of hydrogen-bond acceptors (Lipinski definition) is 11. The van der Waals surface area contributed by atoms with E-state index in [0.717, 1.165) is 31.7 Å². The summed E-state index contributed by atoms with van der Waals surface area (Å²) in [4.78, 5) is 44.3. The Morgan fingerprint density at radius 2 is 1.93 bits per heavy atom. The SMILES string of the molecule is N#Cc1cc(-c2cc(Nc3ccc(N4CCNCC4)c(=O)[nH]3)ncn2)ccc1OC1CCN(C(=O)c2cnco2)CC1. The average molecular weight is 568 g/mol. The van der Waals surface area contributed by atoms with Gasteiger partial charge in [-0.2, -0.15) is 5.26 Å². The molecule has 2 aliphatic heterocycles. The number of aromatic nitrogens is 4. The molecule has 3 aromatic heterocycles. The number of nitrogens with one attached hydrogen (secondary N) is 3. The monoisotopic (exact) mass is 567 g/mol. The Kier molecular flexibility index (Phi) is 7.78. The van der Waals surface area contributed by atoms with Crippen LogP contribution in [0.2, 0.25) is 0 Å². The number of rotatable bonds is 7. The molecule has 0 atom stereocenters. The minimum Gasteiger partial charge on any atom is -0.489 e. The van der Waals surface area contributed by atoms with Crippen LogP contribution < -0.4 is 25.8 Å². The van der Waals surface area contributed by atoms with Gasteiger partial charge in [0.15, 0.2) is 6.39 Å². The minimum absolute atomic E-state index is 0.128. The summed E-state index contributed by atoms with van der Waals surface area (Å²) < 4.78 is 11.3. The van der Waals surface area contributed by atoms with E-state index >= 15 is 0 Å². The molecular weight excluding hydrogens is 538 g/mol. The molecule has 2 saturated heterocycles. The van der Waals surface area contributed by atoms with E-state index in [1.54, 1.807) is 23.1 Å². The number of amides is 1. The maximum atomic E-state index is 12.7. The Morgan fingerprint density at radius 3 is 2.67 bits per heavy atom. The molecule has 0 bridgehead atoms. The summed E-state index contributed by atoms with van der Waals surface area (Å²) in [6.45, 7) is 4.29. The second kappa shape index (κ2) is 12.1. The van der Waals surface area contributed by atoms with Crippen molar-refractivity contribution in [3.05, 3.63) is 77.0 Å². The number of aromatic amines is 1. The predicted molar refractivity (Wildman–Crippen MR) is 154 cm³/mol. The van der Waals surface area contributed by atoms with Crippen molar-refractivity contribution >= 4 is 23.2 Å². The minimum atomic E-state index is -0.190. The second-order valence-corrected chi connectivity index (χ2v) is 10.0. The smallest absolute Gasteiger partial charge is 0.291 e. The highest BCUT2D eigenvalue weighted by molar-refractivity contribution is 5.91. The summed E-state index contributed by atoms with van der Waals surface area (Å²) in [5, 5.41) is 16.3. The van der Waals surface area contributed by atoms with Gasteiger partial charge in [-0.1, -0.05) is 0 Å². The van der Waals surface area contributed by atoms with E-state index < -0.39 is 0 Å². The van der Waals surface area contributed by atoms with Crippen LogP contribution in [0, 0.1) is 11.3 Å². The summed E-state index contributed by atoms with van der Waals surface area (Å²) in [7, 11) is 0. The van der Waals surface area contributed by atoms with E-state index in [1.165, 1.54) is 18.9 Å². The third kappa shape index (κ3) is 5.93. The highest BCUT2D eigenvalue weighted by Crippen LogP contribution is 2.29. The standard InChI is InChI=1S/C29H29N9O4/c30-15-20-13-19(1-3-24(20)42-21-5-9-38(10-6-21)29(40)25-16-32-18-41-25)22-14-27(34-17-33-22)35-26-4-2-23(28(39)36-26)37-11-7-31-8-12-37/h1-4,13-14,16-18,21,31H,5-12H2,(H2,33,34,35,36,39). The lowest BCUT2D eigenvalue weighted by Crippen LogP contribution is -2.45. The predicted octanol–water partition coefficient (Wildman–Crippen LogP) is 2.53. The van der Waals surface area contributed by atoms with Gasteiger partial charge in [-0.05, 0) is 30.3 Å². The number of ether oxygens (including phenoxy) is 1. The summed E-state index contributed by atoms with van der Waals surface area (Å²) in [6, 6.07) is 12.9. The molecule has 2 aliphatic rings. The van der Waals surface area contributed by atoms with Crippen molar-refractivity contribution in [2.75, 3.05) is 49.5 Å². The molecule has 0 radical (unpaired) electrons. The van der Waals surface area contributed by atoms with Crippen molar-refractivity contribution in [3.63, 3.8) is 0 Å². The highest BCUT2D eigenvalue weighted by Gasteiger charge is 2.27. The lowest BCUT2D eigenvalue weighted by Gasteiger charge is -2.31. The number of nitriles is 1. The number of H-pyrrole nitrogens is 1. The fourth-order valence-corrected chi connectivity index (χ4v) is 5.13. The molecule has 1 aromatic carbocycles. The molecule has 5 heterocycles. The number of benzene rings is 1. The molecule has 6 rings (SSSR count). The fraction of sp³-hybridized carbons (Fsp3) is 0.310. The molecule has 13 nitrogen and oxygen atoms in total. The molecule has 1 amide bonds. The van der Waals surface area contributed by atoms with Gasteiger partial charge < -0.3 is 34.6 Å². The van der Waals surface area contributed by atoms with E-state index in [4.69, 9.17) is 9.15 Å². The van der Waals surface area contributed by atoms with Crippen LogP contribution in [0.5, 0.6) is 5.75 Å². The first-order valence-electron chi connectivity index (χ1n) is 13.7. The molecule has 0 unspecified atom stereocenters. The number of piperidine rings is 1.